The summed E-state index contributed by atoms with van der Waals surface area (Å²) in [5, 5.41) is 21.7. The lowest BCUT2D eigenvalue weighted by molar-refractivity contribution is -0.132. The Labute approximate surface area is 195 Å². The molecule has 4 rings (SSSR count). The molecule has 0 bridgehead atoms. The minimum absolute atomic E-state index is 0.100. The Kier molecular flexibility index (Phi) is 6.86. The normalized spacial score (nSPS) is 19.2. The van der Waals surface area contributed by atoms with Crippen molar-refractivity contribution in [3.63, 3.8) is 0 Å². The van der Waals surface area contributed by atoms with E-state index in [1.54, 1.807) is 0 Å². The monoisotopic (exact) mass is 502 g/mol. The number of carbonyl (C=O) groups excluding carboxylic acids is 2. The minimum atomic E-state index is -0.276. The first-order valence-electron chi connectivity index (χ1n) is 10.7. The van der Waals surface area contributed by atoms with Gasteiger partial charge in [0.2, 0.25) is 11.8 Å². The molecule has 2 aromatic rings. The van der Waals surface area contributed by atoms with Crippen LogP contribution in [0.2, 0.25) is 0 Å². The van der Waals surface area contributed by atoms with Gasteiger partial charge in [0.15, 0.2) is 11.5 Å². The fraction of sp³-hybridized carbons (Fsp3) is 0.391. The van der Waals surface area contributed by atoms with Crippen LogP contribution in [0.1, 0.15) is 6.42 Å². The van der Waals surface area contributed by atoms with Crippen LogP contribution in [-0.4, -0.2) is 77.6 Å². The molecular weight excluding hydrogens is 476 g/mol. The van der Waals surface area contributed by atoms with E-state index < -0.39 is 0 Å². The molecule has 2 saturated heterocycles. The van der Waals surface area contributed by atoms with Gasteiger partial charge in [-0.05, 0) is 43.3 Å². The van der Waals surface area contributed by atoms with Crippen molar-refractivity contribution < 1.29 is 19.8 Å². The Morgan fingerprint density at radius 2 is 1.78 bits per heavy atom. The highest BCUT2D eigenvalue weighted by Gasteiger charge is 2.31. The van der Waals surface area contributed by atoms with Gasteiger partial charge in [-0.1, -0.05) is 22.0 Å². The predicted molar refractivity (Wildman–Crippen MR) is 126 cm³/mol. The maximum absolute atomic E-state index is 12.8. The van der Waals surface area contributed by atoms with Crippen LogP contribution in [-0.2, 0) is 9.59 Å². The molecule has 170 valence electrons. The molecular formula is C23H27BrN4O4. The number of phenolic OH excluding ortho intramolecular Hbond substituents is 2. The van der Waals surface area contributed by atoms with Gasteiger partial charge in [0, 0.05) is 54.6 Å². The van der Waals surface area contributed by atoms with Crippen molar-refractivity contribution in [2.45, 2.75) is 6.42 Å². The summed E-state index contributed by atoms with van der Waals surface area (Å²) in [6.45, 7) is 4.52. The van der Waals surface area contributed by atoms with Gasteiger partial charge in [-0.25, -0.2) is 0 Å². The highest BCUT2D eigenvalue weighted by molar-refractivity contribution is 9.10. The lowest BCUT2D eigenvalue weighted by Crippen LogP contribution is -2.51. The van der Waals surface area contributed by atoms with E-state index >= 15 is 0 Å². The number of nitrogens with zero attached hydrogens (tertiary/aromatic N) is 3. The van der Waals surface area contributed by atoms with Gasteiger partial charge >= 0.3 is 0 Å². The maximum atomic E-state index is 12.8. The molecule has 2 aromatic carbocycles. The second-order valence-electron chi connectivity index (χ2n) is 8.26. The van der Waals surface area contributed by atoms with Crippen molar-refractivity contribution >= 4 is 39.1 Å². The maximum Gasteiger partial charge on any atom is 0.236 e. The summed E-state index contributed by atoms with van der Waals surface area (Å²) < 4.78 is 1.04. The van der Waals surface area contributed by atoms with Gasteiger partial charge in [-0.3, -0.25) is 14.5 Å². The van der Waals surface area contributed by atoms with Crippen molar-refractivity contribution in [1.82, 2.24) is 9.80 Å². The largest absolute Gasteiger partial charge is 0.504 e. The smallest absolute Gasteiger partial charge is 0.236 e. The van der Waals surface area contributed by atoms with Gasteiger partial charge in [0.1, 0.15) is 0 Å². The van der Waals surface area contributed by atoms with Crippen LogP contribution in [0.25, 0.3) is 0 Å². The number of aromatic hydroxyl groups is 2. The third-order valence-corrected chi connectivity index (χ3v) is 6.54. The molecule has 2 aliphatic heterocycles. The number of piperazine rings is 1. The number of amides is 2. The van der Waals surface area contributed by atoms with Gasteiger partial charge < -0.3 is 25.3 Å². The quantitative estimate of drug-likeness (QED) is 0.429. The standard InChI is InChI=1S/C23H27BrN4O4/c24-17-2-1-3-19(12-17)27-8-10-28(11-9-27)22(31)15-26-7-6-16(14-26)23(32)25-18-4-5-20(29)21(30)13-18/h1-5,12-13,16,29-30H,6-11,14-15H2,(H,25,32)/t16-/m1/s1. The van der Waals surface area contributed by atoms with Crippen LogP contribution >= 0.6 is 15.9 Å². The first-order valence-corrected chi connectivity index (χ1v) is 11.5. The van der Waals surface area contributed by atoms with Crippen molar-refractivity contribution in [2.24, 2.45) is 5.92 Å². The second-order valence-corrected chi connectivity index (χ2v) is 9.18. The molecule has 0 aromatic heterocycles. The highest BCUT2D eigenvalue weighted by Crippen LogP contribution is 2.28. The molecule has 2 aliphatic rings. The lowest BCUT2D eigenvalue weighted by Gasteiger charge is -2.36. The van der Waals surface area contributed by atoms with Crippen LogP contribution in [0.4, 0.5) is 11.4 Å². The molecule has 3 N–H and O–H groups in total. The molecule has 2 fully saturated rings. The van der Waals surface area contributed by atoms with E-state index in [0.29, 0.717) is 44.8 Å². The number of halogens is 1. The van der Waals surface area contributed by atoms with E-state index in [4.69, 9.17) is 0 Å². The van der Waals surface area contributed by atoms with E-state index in [0.717, 1.165) is 23.2 Å². The number of nitrogens with one attached hydrogen (secondary N) is 1. The molecule has 9 heteroatoms. The highest BCUT2D eigenvalue weighted by atomic mass is 79.9. The molecule has 0 aliphatic carbocycles. The Bertz CT molecular complexity index is 994. The average molecular weight is 503 g/mol. The average Bonchev–Trinajstić information content (AvgIpc) is 3.25. The van der Waals surface area contributed by atoms with E-state index in [2.05, 4.69) is 38.3 Å². The third kappa shape index (κ3) is 5.34. The summed E-state index contributed by atoms with van der Waals surface area (Å²) in [6.07, 6.45) is 0.680. The van der Waals surface area contributed by atoms with Gasteiger partial charge in [-0.15, -0.1) is 0 Å². The van der Waals surface area contributed by atoms with Gasteiger partial charge in [0.05, 0.1) is 12.5 Å². The predicted octanol–water partition coefficient (Wildman–Crippen LogP) is 2.47. The molecule has 32 heavy (non-hydrogen) atoms. The minimum Gasteiger partial charge on any atom is -0.504 e. The molecule has 1 atom stereocenters. The number of rotatable bonds is 5. The third-order valence-electron chi connectivity index (χ3n) is 6.05. The first-order chi connectivity index (χ1) is 15.4. The molecule has 0 unspecified atom stereocenters. The van der Waals surface area contributed by atoms with Crippen LogP contribution in [0.5, 0.6) is 11.5 Å². The van der Waals surface area contributed by atoms with E-state index in [1.807, 2.05) is 21.9 Å². The topological polar surface area (TPSA) is 96.3 Å². The van der Waals surface area contributed by atoms with Crippen LogP contribution in [0.3, 0.4) is 0 Å². The van der Waals surface area contributed by atoms with Crippen molar-refractivity contribution in [1.29, 1.82) is 0 Å². The number of hydrogen-bond acceptors (Lipinski definition) is 6. The van der Waals surface area contributed by atoms with Crippen LogP contribution < -0.4 is 10.2 Å². The van der Waals surface area contributed by atoms with Gasteiger partial charge in [0.25, 0.3) is 0 Å². The van der Waals surface area contributed by atoms with Crippen molar-refractivity contribution in [3.8, 4) is 11.5 Å². The number of likely N-dealkylation sites (tertiary alicyclic amines) is 1. The zero-order valence-electron chi connectivity index (χ0n) is 17.7. The molecule has 0 spiro atoms. The number of hydrogen-bond donors (Lipinski definition) is 3. The second kappa shape index (κ2) is 9.79. The molecule has 0 radical (unpaired) electrons. The fourth-order valence-corrected chi connectivity index (χ4v) is 4.60. The van der Waals surface area contributed by atoms with E-state index in [-0.39, 0.29) is 29.2 Å². The van der Waals surface area contributed by atoms with E-state index in [1.165, 1.54) is 18.2 Å². The summed E-state index contributed by atoms with van der Waals surface area (Å²) in [4.78, 5) is 31.6. The number of carbonyl (C=O) groups is 2. The summed E-state index contributed by atoms with van der Waals surface area (Å²) in [7, 11) is 0. The lowest BCUT2D eigenvalue weighted by atomic mass is 10.1. The zero-order chi connectivity index (χ0) is 22.7. The van der Waals surface area contributed by atoms with Crippen molar-refractivity contribution in [2.75, 3.05) is 56.0 Å². The Balaban J connectivity index is 1.23. The summed E-state index contributed by atoms with van der Waals surface area (Å²) in [6, 6.07) is 12.4. The Hall–Kier alpha value is -2.78. The van der Waals surface area contributed by atoms with E-state index in [9.17, 15) is 19.8 Å². The molecule has 2 heterocycles. The summed E-state index contributed by atoms with van der Waals surface area (Å²) in [5.74, 6) is -0.768. The number of phenols is 2. The first kappa shape index (κ1) is 22.4. The number of anilines is 2. The number of benzene rings is 2. The fourth-order valence-electron chi connectivity index (χ4n) is 4.21. The van der Waals surface area contributed by atoms with Crippen LogP contribution in [0, 0.1) is 5.92 Å². The Morgan fingerprint density at radius 3 is 2.50 bits per heavy atom. The van der Waals surface area contributed by atoms with Gasteiger partial charge in [-0.2, -0.15) is 0 Å². The molecule has 8 nitrogen and oxygen atoms in total. The summed E-state index contributed by atoms with van der Waals surface area (Å²) in [5.41, 5.74) is 1.59. The SMILES string of the molecule is O=C(Nc1ccc(O)c(O)c1)[C@@H]1CCN(CC(=O)N2CCN(c3cccc(Br)c3)CC2)C1. The molecule has 0 saturated carbocycles. The summed E-state index contributed by atoms with van der Waals surface area (Å²) >= 11 is 3.51. The van der Waals surface area contributed by atoms with Crippen molar-refractivity contribution in [3.05, 3.63) is 46.9 Å². The zero-order valence-corrected chi connectivity index (χ0v) is 19.3. The Morgan fingerprint density at radius 1 is 1.00 bits per heavy atom. The van der Waals surface area contributed by atoms with Crippen LogP contribution in [0.15, 0.2) is 46.9 Å². The molecule has 2 amide bonds.